The summed E-state index contributed by atoms with van der Waals surface area (Å²) in [6, 6.07) is 0.101. The van der Waals surface area contributed by atoms with E-state index in [1.807, 2.05) is 20.8 Å². The molecule has 1 atom stereocenters. The van der Waals surface area contributed by atoms with E-state index in [0.717, 1.165) is 17.0 Å². The summed E-state index contributed by atoms with van der Waals surface area (Å²) < 4.78 is 15.4. The zero-order valence-electron chi connectivity index (χ0n) is 10.5. The Balaban J connectivity index is 2.51. The van der Waals surface area contributed by atoms with Crippen molar-refractivity contribution in [2.45, 2.75) is 39.6 Å². The van der Waals surface area contributed by atoms with Crippen LogP contribution in [0.5, 0.6) is 0 Å². The molecule has 0 fully saturated rings. The van der Waals surface area contributed by atoms with Gasteiger partial charge in [-0.1, -0.05) is 5.16 Å². The maximum absolute atomic E-state index is 5.17. The van der Waals surface area contributed by atoms with E-state index in [1.165, 1.54) is 0 Å². The number of rotatable bonds is 6. The Bertz CT molecular complexity index is 302. The van der Waals surface area contributed by atoms with Gasteiger partial charge in [0.15, 0.2) is 6.29 Å². The van der Waals surface area contributed by atoms with E-state index in [9.17, 15) is 0 Å². The van der Waals surface area contributed by atoms with Crippen molar-refractivity contribution in [1.29, 1.82) is 0 Å². The summed E-state index contributed by atoms with van der Waals surface area (Å²) in [7, 11) is 3.25. The van der Waals surface area contributed by atoms with E-state index >= 15 is 0 Å². The molecule has 1 rings (SSSR count). The van der Waals surface area contributed by atoms with E-state index in [0.29, 0.717) is 6.54 Å². The van der Waals surface area contributed by atoms with Crippen molar-refractivity contribution in [2.24, 2.45) is 0 Å². The molecule has 0 spiro atoms. The number of hydrogen-bond donors (Lipinski definition) is 1. The van der Waals surface area contributed by atoms with Crippen molar-refractivity contribution in [1.82, 2.24) is 10.5 Å². The summed E-state index contributed by atoms with van der Waals surface area (Å²) in [5, 5.41) is 7.22. The molecule has 1 aromatic rings. The fourth-order valence-electron chi connectivity index (χ4n) is 1.62. The van der Waals surface area contributed by atoms with Gasteiger partial charge in [-0.3, -0.25) is 0 Å². The first-order valence-corrected chi connectivity index (χ1v) is 5.30. The lowest BCUT2D eigenvalue weighted by Crippen LogP contribution is -2.39. The van der Waals surface area contributed by atoms with Gasteiger partial charge in [0, 0.05) is 26.3 Å². The number of nitrogens with zero attached hydrogens (tertiary/aromatic N) is 1. The van der Waals surface area contributed by atoms with Crippen molar-refractivity contribution in [3.05, 3.63) is 17.0 Å². The molecule has 5 nitrogen and oxygen atoms in total. The largest absolute Gasteiger partial charge is 0.361 e. The van der Waals surface area contributed by atoms with Gasteiger partial charge in [0.05, 0.1) is 11.7 Å². The molecular formula is C11H20N2O3. The molecule has 0 aromatic carbocycles. The molecule has 5 heteroatoms. The van der Waals surface area contributed by atoms with Gasteiger partial charge < -0.3 is 19.3 Å². The Morgan fingerprint density at radius 2 is 1.94 bits per heavy atom. The summed E-state index contributed by atoms with van der Waals surface area (Å²) >= 11 is 0. The highest BCUT2D eigenvalue weighted by Crippen LogP contribution is 2.12. The fourth-order valence-corrected chi connectivity index (χ4v) is 1.62. The van der Waals surface area contributed by atoms with E-state index in [2.05, 4.69) is 10.5 Å². The van der Waals surface area contributed by atoms with E-state index in [-0.39, 0.29) is 12.3 Å². The van der Waals surface area contributed by atoms with E-state index < -0.39 is 0 Å². The van der Waals surface area contributed by atoms with E-state index in [4.69, 9.17) is 14.0 Å². The summed E-state index contributed by atoms with van der Waals surface area (Å²) in [5.41, 5.74) is 2.02. The van der Waals surface area contributed by atoms with Gasteiger partial charge in [0.25, 0.3) is 0 Å². The molecule has 0 saturated heterocycles. The Morgan fingerprint density at radius 3 is 2.38 bits per heavy atom. The zero-order chi connectivity index (χ0) is 12.1. The van der Waals surface area contributed by atoms with Gasteiger partial charge in [-0.05, 0) is 20.8 Å². The lowest BCUT2D eigenvalue weighted by atomic mass is 10.2. The number of aromatic nitrogens is 1. The predicted molar refractivity (Wildman–Crippen MR) is 60.1 cm³/mol. The highest BCUT2D eigenvalue weighted by atomic mass is 16.7. The first-order chi connectivity index (χ1) is 7.60. The average Bonchev–Trinajstić information content (AvgIpc) is 2.58. The maximum atomic E-state index is 5.17. The number of ether oxygens (including phenoxy) is 2. The number of nitrogens with one attached hydrogen (secondary N) is 1. The van der Waals surface area contributed by atoms with Crippen LogP contribution in [0.4, 0.5) is 0 Å². The first-order valence-electron chi connectivity index (χ1n) is 5.30. The van der Waals surface area contributed by atoms with Gasteiger partial charge >= 0.3 is 0 Å². The molecule has 16 heavy (non-hydrogen) atoms. The van der Waals surface area contributed by atoms with Gasteiger partial charge in [-0.2, -0.15) is 0 Å². The van der Waals surface area contributed by atoms with E-state index in [1.54, 1.807) is 14.2 Å². The minimum absolute atomic E-state index is 0.101. The molecule has 0 aliphatic heterocycles. The molecule has 0 bridgehead atoms. The highest BCUT2D eigenvalue weighted by Gasteiger charge is 2.16. The zero-order valence-corrected chi connectivity index (χ0v) is 10.5. The minimum Gasteiger partial charge on any atom is -0.361 e. The molecule has 1 aromatic heterocycles. The second-order valence-corrected chi connectivity index (χ2v) is 3.81. The SMILES string of the molecule is COC(OC)C(C)NCc1c(C)noc1C. The first kappa shape index (κ1) is 13.2. The number of methoxy groups -OCH3 is 2. The standard InChI is InChI=1S/C11H20N2O3/c1-7-10(9(3)16-13-7)6-12-8(2)11(14-4)15-5/h8,11-12H,6H2,1-5H3. The summed E-state index contributed by atoms with van der Waals surface area (Å²) in [6.45, 7) is 6.55. The van der Waals surface area contributed by atoms with Crippen LogP contribution in [-0.4, -0.2) is 31.7 Å². The third-order valence-corrected chi connectivity index (χ3v) is 2.65. The van der Waals surface area contributed by atoms with Gasteiger partial charge in [-0.15, -0.1) is 0 Å². The second kappa shape index (κ2) is 5.98. The van der Waals surface area contributed by atoms with Crippen LogP contribution in [0.3, 0.4) is 0 Å². The third kappa shape index (κ3) is 3.04. The molecular weight excluding hydrogens is 208 g/mol. The van der Waals surface area contributed by atoms with Gasteiger partial charge in [0.2, 0.25) is 0 Å². The smallest absolute Gasteiger partial charge is 0.171 e. The molecule has 0 amide bonds. The average molecular weight is 228 g/mol. The van der Waals surface area contributed by atoms with Crippen LogP contribution < -0.4 is 5.32 Å². The minimum atomic E-state index is -0.250. The lowest BCUT2D eigenvalue weighted by molar-refractivity contribution is -0.119. The van der Waals surface area contributed by atoms with Crippen molar-refractivity contribution in [3.8, 4) is 0 Å². The topological polar surface area (TPSA) is 56.5 Å². The lowest BCUT2D eigenvalue weighted by Gasteiger charge is -2.22. The molecule has 1 N–H and O–H groups in total. The van der Waals surface area contributed by atoms with Crippen LogP contribution in [0.15, 0.2) is 4.52 Å². The summed E-state index contributed by atoms with van der Waals surface area (Å²) in [5.74, 6) is 0.851. The summed E-state index contributed by atoms with van der Waals surface area (Å²) in [6.07, 6.45) is -0.250. The molecule has 0 saturated carbocycles. The van der Waals surface area contributed by atoms with Crippen molar-refractivity contribution in [2.75, 3.05) is 14.2 Å². The normalized spacial score (nSPS) is 13.4. The van der Waals surface area contributed by atoms with Crippen LogP contribution in [0, 0.1) is 13.8 Å². The maximum Gasteiger partial charge on any atom is 0.171 e. The summed E-state index contributed by atoms with van der Waals surface area (Å²) in [4.78, 5) is 0. The van der Waals surface area contributed by atoms with Crippen molar-refractivity contribution >= 4 is 0 Å². The number of aryl methyl sites for hydroxylation is 2. The quantitative estimate of drug-likeness (QED) is 0.746. The van der Waals surface area contributed by atoms with Crippen LogP contribution in [0.25, 0.3) is 0 Å². The third-order valence-electron chi connectivity index (χ3n) is 2.65. The van der Waals surface area contributed by atoms with Gasteiger partial charge in [0.1, 0.15) is 5.76 Å². The monoisotopic (exact) mass is 228 g/mol. The van der Waals surface area contributed by atoms with Crippen molar-refractivity contribution in [3.63, 3.8) is 0 Å². The molecule has 0 aliphatic carbocycles. The Hall–Kier alpha value is -0.910. The molecule has 0 radical (unpaired) electrons. The van der Waals surface area contributed by atoms with Crippen LogP contribution in [-0.2, 0) is 16.0 Å². The molecule has 92 valence electrons. The van der Waals surface area contributed by atoms with Crippen LogP contribution in [0.1, 0.15) is 23.9 Å². The molecule has 0 aliphatic rings. The van der Waals surface area contributed by atoms with Crippen LogP contribution >= 0.6 is 0 Å². The Morgan fingerprint density at radius 1 is 1.31 bits per heavy atom. The van der Waals surface area contributed by atoms with Gasteiger partial charge in [-0.25, -0.2) is 0 Å². The fraction of sp³-hybridized carbons (Fsp3) is 0.727. The highest BCUT2D eigenvalue weighted by molar-refractivity contribution is 5.20. The van der Waals surface area contributed by atoms with Crippen molar-refractivity contribution < 1.29 is 14.0 Å². The predicted octanol–water partition coefficient (Wildman–Crippen LogP) is 1.39. The molecule has 1 heterocycles. The number of hydrogen-bond acceptors (Lipinski definition) is 5. The second-order valence-electron chi connectivity index (χ2n) is 3.81. The Labute approximate surface area is 96.1 Å². The van der Waals surface area contributed by atoms with Crippen LogP contribution in [0.2, 0.25) is 0 Å². The molecule has 1 unspecified atom stereocenters. The Kier molecular flexibility index (Phi) is 4.92.